The Morgan fingerprint density at radius 3 is 2.46 bits per heavy atom. The summed E-state index contributed by atoms with van der Waals surface area (Å²) in [5.74, 6) is -0.201. The molecule has 0 bridgehead atoms. The molecule has 0 radical (unpaired) electrons. The predicted molar refractivity (Wildman–Crippen MR) is 114 cm³/mol. The van der Waals surface area contributed by atoms with Crippen molar-refractivity contribution in [2.24, 2.45) is 0 Å². The summed E-state index contributed by atoms with van der Waals surface area (Å²) in [6.45, 7) is 8.45. The van der Waals surface area contributed by atoms with Crippen molar-refractivity contribution >= 4 is 11.6 Å². The van der Waals surface area contributed by atoms with E-state index >= 15 is 0 Å². The molecule has 1 N–H and O–H groups in total. The summed E-state index contributed by atoms with van der Waals surface area (Å²) in [5, 5.41) is 3.07. The molecule has 144 valence electrons. The first kappa shape index (κ1) is 19.8. The third-order valence-electron chi connectivity index (χ3n) is 4.95. The lowest BCUT2D eigenvalue weighted by molar-refractivity contribution is 0.102. The molecule has 0 aliphatic heterocycles. The van der Waals surface area contributed by atoms with Crippen molar-refractivity contribution in [3.63, 3.8) is 0 Å². The molecule has 0 aliphatic carbocycles. The minimum absolute atomic E-state index is 0.201. The van der Waals surface area contributed by atoms with Gasteiger partial charge in [-0.2, -0.15) is 0 Å². The number of methoxy groups -OCH3 is 1. The van der Waals surface area contributed by atoms with E-state index in [4.69, 9.17) is 4.74 Å². The van der Waals surface area contributed by atoms with Crippen LogP contribution in [-0.2, 0) is 11.3 Å². The molecule has 0 atom stereocenters. The number of rotatable bonds is 5. The van der Waals surface area contributed by atoms with Gasteiger partial charge in [0.2, 0.25) is 0 Å². The van der Waals surface area contributed by atoms with Crippen LogP contribution < -0.4 is 5.32 Å². The van der Waals surface area contributed by atoms with Gasteiger partial charge in [-0.15, -0.1) is 0 Å². The normalized spacial score (nSPS) is 10.8. The monoisotopic (exact) mass is 374 g/mol. The van der Waals surface area contributed by atoms with Crippen molar-refractivity contribution in [3.8, 4) is 11.3 Å². The van der Waals surface area contributed by atoms with Gasteiger partial charge >= 0.3 is 0 Å². The Bertz CT molecular complexity index is 1030. The van der Waals surface area contributed by atoms with Crippen molar-refractivity contribution in [2.45, 2.75) is 34.3 Å². The van der Waals surface area contributed by atoms with E-state index in [2.05, 4.69) is 16.4 Å². The van der Waals surface area contributed by atoms with Crippen LogP contribution >= 0.6 is 0 Å². The number of hydrogen-bond donors (Lipinski definition) is 1. The lowest BCUT2D eigenvalue weighted by atomic mass is 10.0. The van der Waals surface area contributed by atoms with Crippen LogP contribution in [0.4, 0.5) is 5.69 Å². The Hall–Kier alpha value is -2.98. The minimum atomic E-state index is -0.201. The zero-order chi connectivity index (χ0) is 20.3. The first-order chi connectivity index (χ1) is 13.4. The van der Waals surface area contributed by atoms with Crippen LogP contribution in [0, 0.1) is 27.7 Å². The van der Waals surface area contributed by atoms with Crippen molar-refractivity contribution in [3.05, 3.63) is 82.0 Å². The maximum Gasteiger partial charge on any atom is 0.274 e. The molecule has 28 heavy (non-hydrogen) atoms. The zero-order valence-electron chi connectivity index (χ0n) is 17.1. The topological polar surface area (TPSA) is 51.2 Å². The van der Waals surface area contributed by atoms with Gasteiger partial charge in [0.1, 0.15) is 5.69 Å². The summed E-state index contributed by atoms with van der Waals surface area (Å²) in [5.41, 5.74) is 8.15. The van der Waals surface area contributed by atoms with Crippen LogP contribution in [0.3, 0.4) is 0 Å². The number of ether oxygens (including phenoxy) is 1. The predicted octanol–water partition coefficient (Wildman–Crippen LogP) is 5.38. The average molecular weight is 374 g/mol. The van der Waals surface area contributed by atoms with E-state index in [-0.39, 0.29) is 5.91 Å². The van der Waals surface area contributed by atoms with Crippen LogP contribution in [-0.4, -0.2) is 18.0 Å². The quantitative estimate of drug-likeness (QED) is 0.652. The molecule has 4 heteroatoms. The number of nitrogens with zero attached hydrogens (tertiary/aromatic N) is 1. The van der Waals surface area contributed by atoms with E-state index in [9.17, 15) is 4.79 Å². The number of carbonyl (C=O) groups excluding carboxylic acids is 1. The number of anilines is 1. The maximum atomic E-state index is 13.1. The SMILES string of the molecule is COCc1ccc(C)c(NC(=O)c2nc(-c3cccc(C)c3)ccc2C)c1C. The van der Waals surface area contributed by atoms with Crippen molar-refractivity contribution in [2.75, 3.05) is 12.4 Å². The fraction of sp³-hybridized carbons (Fsp3) is 0.250. The molecule has 1 heterocycles. The standard InChI is InChI=1S/C24H26N2O2/c1-15-7-6-8-19(13-15)21-12-10-17(3)23(25-21)24(27)26-22-16(2)9-11-20(14-28-5)18(22)4/h6-13H,14H2,1-5H3,(H,26,27). The highest BCUT2D eigenvalue weighted by Crippen LogP contribution is 2.26. The number of benzene rings is 2. The van der Waals surface area contributed by atoms with Crippen molar-refractivity contribution < 1.29 is 9.53 Å². The maximum absolute atomic E-state index is 13.1. The molecule has 3 rings (SSSR count). The molecule has 0 fully saturated rings. The van der Waals surface area contributed by atoms with Gasteiger partial charge in [-0.3, -0.25) is 4.79 Å². The molecular weight excluding hydrogens is 348 g/mol. The molecule has 0 saturated heterocycles. The van der Waals surface area contributed by atoms with Crippen molar-refractivity contribution in [1.29, 1.82) is 0 Å². The van der Waals surface area contributed by atoms with E-state index in [1.54, 1.807) is 7.11 Å². The largest absolute Gasteiger partial charge is 0.380 e. The summed E-state index contributed by atoms with van der Waals surface area (Å²) in [4.78, 5) is 17.7. The third-order valence-corrected chi connectivity index (χ3v) is 4.95. The average Bonchev–Trinajstić information content (AvgIpc) is 2.67. The number of pyridine rings is 1. The van der Waals surface area contributed by atoms with E-state index in [1.807, 2.05) is 70.2 Å². The van der Waals surface area contributed by atoms with Crippen LogP contribution in [0.5, 0.6) is 0 Å². The summed E-state index contributed by atoms with van der Waals surface area (Å²) < 4.78 is 5.26. The Labute approximate surface area is 166 Å². The lowest BCUT2D eigenvalue weighted by Gasteiger charge is -2.16. The van der Waals surface area contributed by atoms with Gasteiger partial charge in [-0.05, 0) is 62.1 Å². The highest BCUT2D eigenvalue weighted by molar-refractivity contribution is 6.05. The Morgan fingerprint density at radius 1 is 1.00 bits per heavy atom. The highest BCUT2D eigenvalue weighted by atomic mass is 16.5. The van der Waals surface area contributed by atoms with Gasteiger partial charge in [0.05, 0.1) is 12.3 Å². The molecular formula is C24H26N2O2. The van der Waals surface area contributed by atoms with E-state index in [0.29, 0.717) is 12.3 Å². The lowest BCUT2D eigenvalue weighted by Crippen LogP contribution is -2.17. The number of carbonyl (C=O) groups is 1. The molecule has 4 nitrogen and oxygen atoms in total. The first-order valence-electron chi connectivity index (χ1n) is 9.34. The van der Waals surface area contributed by atoms with Crippen LogP contribution in [0.15, 0.2) is 48.5 Å². The molecule has 0 unspecified atom stereocenters. The van der Waals surface area contributed by atoms with Gasteiger partial charge in [-0.1, -0.05) is 42.0 Å². The van der Waals surface area contributed by atoms with Crippen LogP contribution in [0.2, 0.25) is 0 Å². The molecule has 3 aromatic rings. The van der Waals surface area contributed by atoms with Gasteiger partial charge in [0, 0.05) is 18.4 Å². The number of amides is 1. The zero-order valence-corrected chi connectivity index (χ0v) is 17.1. The van der Waals surface area contributed by atoms with E-state index < -0.39 is 0 Å². The fourth-order valence-electron chi connectivity index (χ4n) is 3.29. The Morgan fingerprint density at radius 2 is 1.75 bits per heavy atom. The molecule has 2 aromatic carbocycles. The second-order valence-corrected chi connectivity index (χ2v) is 7.16. The number of hydrogen-bond acceptors (Lipinski definition) is 3. The molecule has 0 spiro atoms. The van der Waals surface area contributed by atoms with E-state index in [1.165, 1.54) is 0 Å². The second-order valence-electron chi connectivity index (χ2n) is 7.16. The Kier molecular flexibility index (Phi) is 5.90. The molecule has 0 aliphatic rings. The van der Waals surface area contributed by atoms with Gasteiger partial charge in [-0.25, -0.2) is 4.98 Å². The Balaban J connectivity index is 1.95. The summed E-state index contributed by atoms with van der Waals surface area (Å²) in [6.07, 6.45) is 0. The van der Waals surface area contributed by atoms with Gasteiger partial charge in [0.15, 0.2) is 0 Å². The highest BCUT2D eigenvalue weighted by Gasteiger charge is 2.16. The minimum Gasteiger partial charge on any atom is -0.380 e. The fourth-order valence-corrected chi connectivity index (χ4v) is 3.29. The summed E-state index contributed by atoms with van der Waals surface area (Å²) >= 11 is 0. The second kappa shape index (κ2) is 8.36. The summed E-state index contributed by atoms with van der Waals surface area (Å²) in [6, 6.07) is 16.1. The van der Waals surface area contributed by atoms with Crippen molar-refractivity contribution in [1.82, 2.24) is 4.98 Å². The van der Waals surface area contributed by atoms with Crippen LogP contribution in [0.1, 0.15) is 38.3 Å². The van der Waals surface area contributed by atoms with E-state index in [0.717, 1.165) is 44.8 Å². The van der Waals surface area contributed by atoms with Gasteiger partial charge < -0.3 is 10.1 Å². The van der Waals surface area contributed by atoms with Crippen LogP contribution in [0.25, 0.3) is 11.3 Å². The smallest absolute Gasteiger partial charge is 0.274 e. The molecule has 0 saturated carbocycles. The number of nitrogens with one attached hydrogen (secondary N) is 1. The molecule has 1 aromatic heterocycles. The first-order valence-corrected chi connectivity index (χ1v) is 9.34. The molecule has 1 amide bonds. The number of aromatic nitrogens is 1. The summed E-state index contributed by atoms with van der Waals surface area (Å²) in [7, 11) is 1.67. The van der Waals surface area contributed by atoms with Gasteiger partial charge in [0.25, 0.3) is 5.91 Å². The third kappa shape index (κ3) is 4.12. The number of aryl methyl sites for hydroxylation is 3.